The Balaban J connectivity index is 2.84. The van der Waals surface area contributed by atoms with Crippen LogP contribution in [0.5, 0.6) is 0 Å². The molecular formula is C11H16FNS. The van der Waals surface area contributed by atoms with Crippen LogP contribution in [0.25, 0.3) is 0 Å². The van der Waals surface area contributed by atoms with Gasteiger partial charge in [0.15, 0.2) is 0 Å². The zero-order valence-electron chi connectivity index (χ0n) is 8.64. The lowest BCUT2D eigenvalue weighted by molar-refractivity contribution is 0.586. The second-order valence-corrected chi connectivity index (χ2v) is 4.24. The lowest BCUT2D eigenvalue weighted by Crippen LogP contribution is -2.13. The normalized spacial score (nSPS) is 10.5. The zero-order valence-corrected chi connectivity index (χ0v) is 9.46. The van der Waals surface area contributed by atoms with Crippen LogP contribution in [0.2, 0.25) is 0 Å². The van der Waals surface area contributed by atoms with Crippen LogP contribution in [-0.2, 0) is 6.54 Å². The first-order valence-electron chi connectivity index (χ1n) is 4.90. The van der Waals surface area contributed by atoms with E-state index in [1.54, 1.807) is 17.8 Å². The Morgan fingerprint density at radius 2 is 2.14 bits per heavy atom. The summed E-state index contributed by atoms with van der Waals surface area (Å²) in [5.41, 5.74) is 0.793. The van der Waals surface area contributed by atoms with Gasteiger partial charge in [-0.2, -0.15) is 0 Å². The average Bonchev–Trinajstić information content (AvgIpc) is 2.18. The Labute approximate surface area is 89.1 Å². The highest BCUT2D eigenvalue weighted by molar-refractivity contribution is 7.99. The summed E-state index contributed by atoms with van der Waals surface area (Å²) in [5, 5.41) is 3.15. The van der Waals surface area contributed by atoms with Crippen LogP contribution < -0.4 is 5.32 Å². The first-order valence-corrected chi connectivity index (χ1v) is 5.89. The first kappa shape index (κ1) is 11.5. The molecule has 0 heterocycles. The molecule has 0 aliphatic heterocycles. The van der Waals surface area contributed by atoms with Crippen molar-refractivity contribution in [3.05, 3.63) is 29.6 Å². The van der Waals surface area contributed by atoms with E-state index in [0.29, 0.717) is 6.54 Å². The van der Waals surface area contributed by atoms with Gasteiger partial charge in [-0.1, -0.05) is 19.9 Å². The predicted molar refractivity (Wildman–Crippen MR) is 60.2 cm³/mol. The first-order chi connectivity index (χ1) is 6.79. The molecule has 0 spiro atoms. The SMILES string of the molecule is CCNCc1c(F)cccc1SCC. The van der Waals surface area contributed by atoms with Crippen LogP contribution in [-0.4, -0.2) is 12.3 Å². The standard InChI is InChI=1S/C11H16FNS/c1-3-13-8-9-10(12)6-5-7-11(9)14-4-2/h5-7,13H,3-4,8H2,1-2H3. The third-order valence-electron chi connectivity index (χ3n) is 1.93. The molecule has 0 aromatic heterocycles. The summed E-state index contributed by atoms with van der Waals surface area (Å²) in [4.78, 5) is 1.05. The summed E-state index contributed by atoms with van der Waals surface area (Å²) in [7, 11) is 0. The molecule has 78 valence electrons. The summed E-state index contributed by atoms with van der Waals surface area (Å²) >= 11 is 1.69. The summed E-state index contributed by atoms with van der Waals surface area (Å²) in [6.07, 6.45) is 0. The maximum Gasteiger partial charge on any atom is 0.128 e. The predicted octanol–water partition coefficient (Wildman–Crippen LogP) is 3.05. The van der Waals surface area contributed by atoms with Crippen LogP contribution in [0, 0.1) is 5.82 Å². The van der Waals surface area contributed by atoms with E-state index in [2.05, 4.69) is 12.2 Å². The molecule has 1 aromatic rings. The van der Waals surface area contributed by atoms with Crippen molar-refractivity contribution in [3.63, 3.8) is 0 Å². The van der Waals surface area contributed by atoms with Crippen molar-refractivity contribution in [2.75, 3.05) is 12.3 Å². The number of benzene rings is 1. The highest BCUT2D eigenvalue weighted by Crippen LogP contribution is 2.24. The second-order valence-electron chi connectivity index (χ2n) is 2.93. The molecule has 0 saturated carbocycles. The summed E-state index contributed by atoms with van der Waals surface area (Å²) < 4.78 is 13.4. The van der Waals surface area contributed by atoms with E-state index in [-0.39, 0.29) is 5.82 Å². The van der Waals surface area contributed by atoms with Crippen LogP contribution >= 0.6 is 11.8 Å². The number of halogens is 1. The van der Waals surface area contributed by atoms with Crippen molar-refractivity contribution in [1.82, 2.24) is 5.32 Å². The third kappa shape index (κ3) is 3.00. The lowest BCUT2D eigenvalue weighted by Gasteiger charge is -2.09. The Kier molecular flexibility index (Phi) is 4.98. The number of rotatable bonds is 5. The van der Waals surface area contributed by atoms with E-state index in [1.165, 1.54) is 6.07 Å². The smallest absolute Gasteiger partial charge is 0.128 e. The van der Waals surface area contributed by atoms with Crippen molar-refractivity contribution in [2.45, 2.75) is 25.3 Å². The number of nitrogens with one attached hydrogen (secondary N) is 1. The van der Waals surface area contributed by atoms with E-state index >= 15 is 0 Å². The molecule has 0 saturated heterocycles. The van der Waals surface area contributed by atoms with Gasteiger partial charge in [0, 0.05) is 17.0 Å². The maximum absolute atomic E-state index is 13.4. The Bertz CT molecular complexity index is 289. The summed E-state index contributed by atoms with van der Waals surface area (Å²) in [5.74, 6) is 0.868. The van der Waals surface area contributed by atoms with Crippen molar-refractivity contribution >= 4 is 11.8 Å². The van der Waals surface area contributed by atoms with Crippen molar-refractivity contribution < 1.29 is 4.39 Å². The minimum atomic E-state index is -0.107. The maximum atomic E-state index is 13.4. The molecule has 1 rings (SSSR count). The van der Waals surface area contributed by atoms with Crippen LogP contribution in [0.1, 0.15) is 19.4 Å². The van der Waals surface area contributed by atoms with Gasteiger partial charge >= 0.3 is 0 Å². The molecule has 0 unspecified atom stereocenters. The minimum absolute atomic E-state index is 0.107. The number of hydrogen-bond acceptors (Lipinski definition) is 2. The lowest BCUT2D eigenvalue weighted by atomic mass is 10.2. The molecule has 1 aromatic carbocycles. The van der Waals surface area contributed by atoms with Gasteiger partial charge in [0.05, 0.1) is 0 Å². The van der Waals surface area contributed by atoms with E-state index in [9.17, 15) is 4.39 Å². The molecular weight excluding hydrogens is 197 g/mol. The van der Waals surface area contributed by atoms with Gasteiger partial charge < -0.3 is 5.32 Å². The molecule has 3 heteroatoms. The Hall–Kier alpha value is -0.540. The van der Waals surface area contributed by atoms with E-state index in [4.69, 9.17) is 0 Å². The van der Waals surface area contributed by atoms with Crippen molar-refractivity contribution in [2.24, 2.45) is 0 Å². The van der Waals surface area contributed by atoms with Gasteiger partial charge in [0.1, 0.15) is 5.82 Å². The molecule has 14 heavy (non-hydrogen) atoms. The van der Waals surface area contributed by atoms with Crippen LogP contribution in [0.15, 0.2) is 23.1 Å². The van der Waals surface area contributed by atoms with Gasteiger partial charge in [0.25, 0.3) is 0 Å². The second kappa shape index (κ2) is 6.04. The van der Waals surface area contributed by atoms with E-state index < -0.39 is 0 Å². The van der Waals surface area contributed by atoms with Gasteiger partial charge in [-0.3, -0.25) is 0 Å². The fraction of sp³-hybridized carbons (Fsp3) is 0.455. The topological polar surface area (TPSA) is 12.0 Å². The molecule has 0 fully saturated rings. The summed E-state index contributed by atoms with van der Waals surface area (Å²) in [6.45, 7) is 5.58. The molecule has 0 bridgehead atoms. The minimum Gasteiger partial charge on any atom is -0.313 e. The monoisotopic (exact) mass is 213 g/mol. The molecule has 0 atom stereocenters. The number of thioether (sulfide) groups is 1. The van der Waals surface area contributed by atoms with Gasteiger partial charge in [-0.25, -0.2) is 4.39 Å². The van der Waals surface area contributed by atoms with Gasteiger partial charge in [-0.05, 0) is 24.4 Å². The summed E-state index contributed by atoms with van der Waals surface area (Å²) in [6, 6.07) is 5.26. The van der Waals surface area contributed by atoms with Crippen LogP contribution in [0.3, 0.4) is 0 Å². The molecule has 0 amide bonds. The zero-order chi connectivity index (χ0) is 10.4. The highest BCUT2D eigenvalue weighted by Gasteiger charge is 2.06. The van der Waals surface area contributed by atoms with E-state index in [0.717, 1.165) is 22.8 Å². The largest absolute Gasteiger partial charge is 0.313 e. The Morgan fingerprint density at radius 1 is 1.36 bits per heavy atom. The molecule has 0 radical (unpaired) electrons. The van der Waals surface area contributed by atoms with Crippen molar-refractivity contribution in [1.29, 1.82) is 0 Å². The van der Waals surface area contributed by atoms with Crippen molar-refractivity contribution in [3.8, 4) is 0 Å². The average molecular weight is 213 g/mol. The van der Waals surface area contributed by atoms with Gasteiger partial charge in [0.2, 0.25) is 0 Å². The molecule has 0 aliphatic rings. The van der Waals surface area contributed by atoms with E-state index in [1.807, 2.05) is 13.0 Å². The van der Waals surface area contributed by atoms with Crippen LogP contribution in [0.4, 0.5) is 4.39 Å². The third-order valence-corrected chi connectivity index (χ3v) is 2.91. The quantitative estimate of drug-likeness (QED) is 0.754. The molecule has 0 aliphatic carbocycles. The fourth-order valence-electron chi connectivity index (χ4n) is 1.25. The number of hydrogen-bond donors (Lipinski definition) is 1. The molecule has 1 N–H and O–H groups in total. The molecule has 1 nitrogen and oxygen atoms in total. The van der Waals surface area contributed by atoms with Gasteiger partial charge in [-0.15, -0.1) is 11.8 Å². The highest BCUT2D eigenvalue weighted by atomic mass is 32.2. The fourth-order valence-corrected chi connectivity index (χ4v) is 2.08. The Morgan fingerprint density at radius 3 is 2.79 bits per heavy atom.